The van der Waals surface area contributed by atoms with E-state index in [1.54, 1.807) is 0 Å². The van der Waals surface area contributed by atoms with Crippen LogP contribution in [0.4, 0.5) is 5.69 Å². The van der Waals surface area contributed by atoms with E-state index in [2.05, 4.69) is 20.9 Å². The third kappa shape index (κ3) is 3.69. The van der Waals surface area contributed by atoms with Gasteiger partial charge in [-0.1, -0.05) is 23.2 Å². The molecule has 0 aliphatic carbocycles. The number of pyridine rings is 1. The van der Waals surface area contributed by atoms with Crippen molar-refractivity contribution in [2.24, 2.45) is 0 Å². The van der Waals surface area contributed by atoms with Crippen LogP contribution in [0.1, 0.15) is 0 Å². The molecule has 0 amide bonds. The van der Waals surface area contributed by atoms with E-state index >= 15 is 0 Å². The largest absolute Gasteiger partial charge is 0.363 e. The van der Waals surface area contributed by atoms with Crippen molar-refractivity contribution in [3.05, 3.63) is 38.4 Å². The number of ether oxygens (including phenoxy) is 1. The molecule has 2 rings (SSSR count). The number of aromatic nitrogens is 1. The van der Waals surface area contributed by atoms with E-state index in [9.17, 15) is 8.42 Å². The average molecular weight is 432 g/mol. The highest BCUT2D eigenvalue weighted by Gasteiger charge is 2.28. The first kappa shape index (κ1) is 17.0. The molecule has 5 nitrogen and oxygen atoms in total. The Morgan fingerprint density at radius 3 is 2.71 bits per heavy atom. The van der Waals surface area contributed by atoms with Gasteiger partial charge >= 0.3 is 0 Å². The van der Waals surface area contributed by atoms with Gasteiger partial charge in [0.15, 0.2) is 0 Å². The number of nitrogens with zero attached hydrogens (tertiary/aromatic N) is 2. The van der Waals surface area contributed by atoms with Gasteiger partial charge in [0, 0.05) is 13.3 Å². The Morgan fingerprint density at radius 2 is 2.14 bits per heavy atom. The molecule has 2 heterocycles. The minimum atomic E-state index is -3.82. The summed E-state index contributed by atoms with van der Waals surface area (Å²) in [6.07, 6.45) is 1.41. The maximum Gasteiger partial charge on any atom is 0.275 e. The van der Waals surface area contributed by atoms with E-state index < -0.39 is 10.0 Å². The van der Waals surface area contributed by atoms with Crippen LogP contribution in [-0.4, -0.2) is 27.2 Å². The number of sulfonamides is 1. The van der Waals surface area contributed by atoms with Crippen LogP contribution in [-0.2, 0) is 14.8 Å². The molecule has 0 radical (unpaired) electrons. The summed E-state index contributed by atoms with van der Waals surface area (Å²) in [6, 6.07) is 4.46. The van der Waals surface area contributed by atoms with Gasteiger partial charge in [-0.2, -0.15) is 0 Å². The van der Waals surface area contributed by atoms with Gasteiger partial charge in [0.25, 0.3) is 10.0 Å². The van der Waals surface area contributed by atoms with Crippen molar-refractivity contribution < 1.29 is 13.2 Å². The molecule has 0 aromatic carbocycles. The number of thiophene rings is 1. The van der Waals surface area contributed by atoms with Gasteiger partial charge in [-0.05, 0) is 34.1 Å². The Bertz CT molecular complexity index is 752. The Morgan fingerprint density at radius 1 is 1.43 bits per heavy atom. The molecule has 0 unspecified atom stereocenters. The van der Waals surface area contributed by atoms with Gasteiger partial charge in [-0.25, -0.2) is 17.7 Å². The van der Waals surface area contributed by atoms with Crippen molar-refractivity contribution in [1.29, 1.82) is 0 Å². The second-order valence-electron chi connectivity index (χ2n) is 3.79. The molecule has 0 saturated carbocycles. The number of hydrogen-bond donors (Lipinski definition) is 0. The van der Waals surface area contributed by atoms with Crippen molar-refractivity contribution in [2.45, 2.75) is 4.21 Å². The number of halogens is 3. The van der Waals surface area contributed by atoms with Gasteiger partial charge in [0.2, 0.25) is 0 Å². The lowest BCUT2D eigenvalue weighted by Crippen LogP contribution is -2.32. The Balaban J connectivity index is 2.55. The van der Waals surface area contributed by atoms with Crippen molar-refractivity contribution in [3.8, 4) is 0 Å². The molecular formula is C11H9BrCl2N2O3S2. The van der Waals surface area contributed by atoms with Gasteiger partial charge in [0.05, 0.1) is 15.0 Å². The van der Waals surface area contributed by atoms with E-state index in [4.69, 9.17) is 27.9 Å². The molecule has 21 heavy (non-hydrogen) atoms. The van der Waals surface area contributed by atoms with Crippen LogP contribution in [0.15, 0.2) is 33.2 Å². The van der Waals surface area contributed by atoms with E-state index in [0.29, 0.717) is 14.0 Å². The lowest BCUT2D eigenvalue weighted by atomic mass is 10.4. The minimum absolute atomic E-state index is 0.108. The van der Waals surface area contributed by atoms with Crippen molar-refractivity contribution in [1.82, 2.24) is 4.98 Å². The van der Waals surface area contributed by atoms with E-state index in [-0.39, 0.29) is 16.6 Å². The molecule has 0 bridgehead atoms. The van der Waals surface area contributed by atoms with Crippen LogP contribution in [0.5, 0.6) is 0 Å². The number of rotatable bonds is 5. The molecule has 0 N–H and O–H groups in total. The second-order valence-corrected chi connectivity index (χ2v) is 8.79. The van der Waals surface area contributed by atoms with Gasteiger partial charge in [-0.3, -0.25) is 0 Å². The molecule has 0 aliphatic heterocycles. The summed E-state index contributed by atoms with van der Waals surface area (Å²) in [6.45, 7) is -0.182. The molecule has 114 valence electrons. The van der Waals surface area contributed by atoms with Crippen LogP contribution < -0.4 is 4.31 Å². The molecule has 0 saturated heterocycles. The van der Waals surface area contributed by atoms with Crippen molar-refractivity contribution in [2.75, 3.05) is 18.1 Å². The zero-order valence-corrected chi connectivity index (χ0v) is 15.3. The SMILES string of the molecule is COCN(c1cc(Cl)cnc1Br)S(=O)(=O)c1ccc(Cl)s1. The van der Waals surface area contributed by atoms with Gasteiger partial charge in [-0.15, -0.1) is 11.3 Å². The highest BCUT2D eigenvalue weighted by Crippen LogP contribution is 2.34. The lowest BCUT2D eigenvalue weighted by Gasteiger charge is -2.23. The molecule has 0 fully saturated rings. The molecule has 10 heteroatoms. The monoisotopic (exact) mass is 430 g/mol. The first-order valence-electron chi connectivity index (χ1n) is 5.44. The summed E-state index contributed by atoms with van der Waals surface area (Å²) in [7, 11) is -2.42. The lowest BCUT2D eigenvalue weighted by molar-refractivity contribution is 0.209. The summed E-state index contributed by atoms with van der Waals surface area (Å²) >= 11 is 15.9. The smallest absolute Gasteiger partial charge is 0.275 e. The van der Waals surface area contributed by atoms with E-state index in [1.807, 2.05) is 0 Å². The predicted molar refractivity (Wildman–Crippen MR) is 87.8 cm³/mol. The molecular weight excluding hydrogens is 423 g/mol. The van der Waals surface area contributed by atoms with Gasteiger partial charge < -0.3 is 4.74 Å². The third-order valence-corrected chi connectivity index (χ3v) is 6.65. The van der Waals surface area contributed by atoms with Crippen molar-refractivity contribution in [3.63, 3.8) is 0 Å². The molecule has 0 aliphatic rings. The number of hydrogen-bond acceptors (Lipinski definition) is 5. The molecule has 2 aromatic rings. The minimum Gasteiger partial charge on any atom is -0.363 e. The van der Waals surface area contributed by atoms with Crippen LogP contribution in [0.2, 0.25) is 9.36 Å². The summed E-state index contributed by atoms with van der Waals surface area (Å²) in [4.78, 5) is 3.99. The standard InChI is InChI=1S/C11H9BrCl2N2O3S2/c1-19-6-16(8-4-7(13)5-15-11(8)12)21(17,18)10-3-2-9(14)20-10/h2-5H,6H2,1H3. The topological polar surface area (TPSA) is 59.5 Å². The Kier molecular flexibility index (Phi) is 5.50. The highest BCUT2D eigenvalue weighted by atomic mass is 79.9. The van der Waals surface area contributed by atoms with Gasteiger partial charge in [0.1, 0.15) is 15.5 Å². The van der Waals surface area contributed by atoms with Crippen LogP contribution in [0.3, 0.4) is 0 Å². The fourth-order valence-corrected chi connectivity index (χ4v) is 5.19. The quantitative estimate of drug-likeness (QED) is 0.530. The molecule has 2 aromatic heterocycles. The first-order chi connectivity index (χ1) is 9.86. The summed E-state index contributed by atoms with van der Waals surface area (Å²) in [5.74, 6) is 0. The second kappa shape index (κ2) is 6.80. The van der Waals surface area contributed by atoms with Crippen LogP contribution in [0, 0.1) is 0 Å². The van der Waals surface area contributed by atoms with Crippen LogP contribution in [0.25, 0.3) is 0 Å². The average Bonchev–Trinajstić information content (AvgIpc) is 2.86. The predicted octanol–water partition coefficient (Wildman–Crippen LogP) is 4.01. The molecule has 0 atom stereocenters. The van der Waals surface area contributed by atoms with E-state index in [1.165, 1.54) is 31.5 Å². The third-order valence-electron chi connectivity index (χ3n) is 2.40. The normalized spacial score (nSPS) is 11.6. The zero-order valence-electron chi connectivity index (χ0n) is 10.6. The van der Waals surface area contributed by atoms with Crippen molar-refractivity contribution >= 4 is 66.2 Å². The maximum absolute atomic E-state index is 12.7. The summed E-state index contributed by atoms with van der Waals surface area (Å²) in [5.41, 5.74) is 0.286. The first-order valence-corrected chi connectivity index (χ1v) is 9.25. The highest BCUT2D eigenvalue weighted by molar-refractivity contribution is 9.10. The van der Waals surface area contributed by atoms with E-state index in [0.717, 1.165) is 15.6 Å². The molecule has 0 spiro atoms. The fraction of sp³-hybridized carbons (Fsp3) is 0.182. The number of methoxy groups -OCH3 is 1. The Labute approximate surface area is 144 Å². The number of anilines is 1. The maximum atomic E-state index is 12.7. The Hall–Kier alpha value is -0.380. The fourth-order valence-electron chi connectivity index (χ4n) is 1.52. The zero-order chi connectivity index (χ0) is 15.6. The summed E-state index contributed by atoms with van der Waals surface area (Å²) in [5, 5.41) is 0.314. The summed E-state index contributed by atoms with van der Waals surface area (Å²) < 4.78 is 32.3. The van der Waals surface area contributed by atoms with Crippen LogP contribution >= 0.6 is 50.5 Å².